The van der Waals surface area contributed by atoms with Crippen molar-refractivity contribution in [1.29, 1.82) is 0 Å². The second-order valence-corrected chi connectivity index (χ2v) is 7.72. The van der Waals surface area contributed by atoms with Crippen molar-refractivity contribution in [2.24, 2.45) is 0 Å². The molecule has 0 spiro atoms. The Bertz CT molecular complexity index is 888. The average molecular weight is 353 g/mol. The first-order valence-electron chi connectivity index (χ1n) is 8.70. The van der Waals surface area contributed by atoms with E-state index in [2.05, 4.69) is 69.7 Å². The number of benzene rings is 1. The van der Waals surface area contributed by atoms with Crippen molar-refractivity contribution in [3.63, 3.8) is 0 Å². The van der Waals surface area contributed by atoms with E-state index in [4.69, 9.17) is 5.73 Å². The van der Waals surface area contributed by atoms with E-state index in [9.17, 15) is 0 Å². The summed E-state index contributed by atoms with van der Waals surface area (Å²) in [6, 6.07) is 11.0. The minimum atomic E-state index is 0.295. The predicted molar refractivity (Wildman–Crippen MR) is 105 cm³/mol. The summed E-state index contributed by atoms with van der Waals surface area (Å²) < 4.78 is 1.34. The van der Waals surface area contributed by atoms with Crippen LogP contribution < -0.4 is 16.0 Å². The molecule has 1 aliphatic rings. The van der Waals surface area contributed by atoms with Crippen LogP contribution in [0.15, 0.2) is 35.7 Å². The summed E-state index contributed by atoms with van der Waals surface area (Å²) in [5, 5.41) is 7.28. The van der Waals surface area contributed by atoms with Crippen LogP contribution in [0.1, 0.15) is 37.1 Å². The quantitative estimate of drug-likeness (QED) is 0.754. The fourth-order valence-electron chi connectivity index (χ4n) is 3.36. The number of rotatable bonds is 3. The number of nitrogens with zero attached hydrogens (tertiary/aromatic N) is 3. The van der Waals surface area contributed by atoms with E-state index in [1.54, 1.807) is 0 Å². The highest BCUT2D eigenvalue weighted by Crippen LogP contribution is 2.32. The number of fused-ring (bicyclic) bond motifs is 1. The zero-order valence-corrected chi connectivity index (χ0v) is 15.4. The van der Waals surface area contributed by atoms with Crippen LogP contribution in [0.5, 0.6) is 0 Å². The van der Waals surface area contributed by atoms with E-state index in [0.29, 0.717) is 17.9 Å². The highest BCUT2D eigenvalue weighted by atomic mass is 32.1. The van der Waals surface area contributed by atoms with Gasteiger partial charge in [0, 0.05) is 30.4 Å². The number of hydrogen-bond acceptors (Lipinski definition) is 6. The molecule has 1 aliphatic heterocycles. The minimum Gasteiger partial charge on any atom is -0.368 e. The van der Waals surface area contributed by atoms with Crippen molar-refractivity contribution in [2.45, 2.75) is 25.8 Å². The van der Waals surface area contributed by atoms with Gasteiger partial charge in [0.15, 0.2) is 0 Å². The van der Waals surface area contributed by atoms with Gasteiger partial charge in [-0.2, -0.15) is 4.98 Å². The summed E-state index contributed by atoms with van der Waals surface area (Å²) in [4.78, 5) is 11.2. The molecular formula is C19H23N5S. The van der Waals surface area contributed by atoms with Crippen LogP contribution in [0.4, 0.5) is 11.8 Å². The van der Waals surface area contributed by atoms with E-state index in [-0.39, 0.29) is 0 Å². The van der Waals surface area contributed by atoms with Crippen molar-refractivity contribution < 1.29 is 0 Å². The number of nitrogens with two attached hydrogens (primary N) is 1. The van der Waals surface area contributed by atoms with Gasteiger partial charge >= 0.3 is 0 Å². The second-order valence-electron chi connectivity index (χ2n) is 6.80. The third-order valence-electron chi connectivity index (χ3n) is 4.73. The molecule has 2 aromatic heterocycles. The fraction of sp³-hybridized carbons (Fsp3) is 0.368. The number of nitrogen functional groups attached to an aromatic ring is 1. The topological polar surface area (TPSA) is 67.1 Å². The first-order chi connectivity index (χ1) is 12.1. The Balaban J connectivity index is 1.63. The van der Waals surface area contributed by atoms with Crippen molar-refractivity contribution in [2.75, 3.05) is 30.3 Å². The lowest BCUT2D eigenvalue weighted by molar-refractivity contribution is 0.472. The number of thiophene rings is 1. The third-order valence-corrected chi connectivity index (χ3v) is 5.71. The molecule has 3 N–H and O–H groups in total. The van der Waals surface area contributed by atoms with Crippen LogP contribution in [-0.2, 0) is 0 Å². The van der Waals surface area contributed by atoms with Gasteiger partial charge in [-0.15, -0.1) is 11.3 Å². The zero-order valence-electron chi connectivity index (χ0n) is 14.6. The van der Waals surface area contributed by atoms with Crippen molar-refractivity contribution >= 4 is 33.2 Å². The molecule has 0 saturated carbocycles. The molecule has 1 fully saturated rings. The fourth-order valence-corrected chi connectivity index (χ4v) is 4.38. The molecule has 3 heterocycles. The van der Waals surface area contributed by atoms with Crippen LogP contribution in [0.3, 0.4) is 0 Å². The molecule has 5 nitrogen and oxygen atoms in total. The summed E-state index contributed by atoms with van der Waals surface area (Å²) in [7, 11) is 0. The van der Waals surface area contributed by atoms with Gasteiger partial charge in [0.25, 0.3) is 0 Å². The molecule has 6 heteroatoms. The standard InChI is InChI=1S/C19H23N5S/c1-12(2)15-9-18(23-19(20)22-15)24-8-7-21-16(10-24)14-11-25-17-6-4-3-5-13(14)17/h3-6,9,11-12,16,21H,7-8,10H2,1-2H3,(H2,20,22,23). The first-order valence-corrected chi connectivity index (χ1v) is 9.58. The largest absolute Gasteiger partial charge is 0.368 e. The molecule has 0 bridgehead atoms. The van der Waals surface area contributed by atoms with Gasteiger partial charge in [0.05, 0.1) is 11.7 Å². The summed E-state index contributed by atoms with van der Waals surface area (Å²) in [6.45, 7) is 6.99. The smallest absolute Gasteiger partial charge is 0.222 e. The monoisotopic (exact) mass is 353 g/mol. The molecule has 0 amide bonds. The highest BCUT2D eigenvalue weighted by molar-refractivity contribution is 7.17. The van der Waals surface area contributed by atoms with Gasteiger partial charge in [-0.25, -0.2) is 4.98 Å². The lowest BCUT2D eigenvalue weighted by Gasteiger charge is -2.34. The lowest BCUT2D eigenvalue weighted by Crippen LogP contribution is -2.46. The predicted octanol–water partition coefficient (Wildman–Crippen LogP) is 3.55. The van der Waals surface area contributed by atoms with E-state index >= 15 is 0 Å². The Hall–Kier alpha value is -2.18. The lowest BCUT2D eigenvalue weighted by atomic mass is 10.0. The van der Waals surface area contributed by atoms with Crippen LogP contribution >= 0.6 is 11.3 Å². The molecule has 0 radical (unpaired) electrons. The molecule has 4 rings (SSSR count). The Morgan fingerprint density at radius 2 is 2.12 bits per heavy atom. The highest BCUT2D eigenvalue weighted by Gasteiger charge is 2.24. The summed E-state index contributed by atoms with van der Waals surface area (Å²) in [6.07, 6.45) is 0. The number of hydrogen-bond donors (Lipinski definition) is 2. The van der Waals surface area contributed by atoms with Crippen LogP contribution in [0, 0.1) is 0 Å². The molecule has 0 aliphatic carbocycles. The van der Waals surface area contributed by atoms with E-state index in [1.165, 1.54) is 15.6 Å². The summed E-state index contributed by atoms with van der Waals surface area (Å²) >= 11 is 1.81. The number of anilines is 2. The SMILES string of the molecule is CC(C)c1cc(N2CCNC(c3csc4ccccc34)C2)nc(N)n1. The second kappa shape index (κ2) is 6.61. The Kier molecular flexibility index (Phi) is 4.31. The van der Waals surface area contributed by atoms with Gasteiger partial charge in [-0.3, -0.25) is 0 Å². The number of aromatic nitrogens is 2. The molecule has 1 aromatic carbocycles. The number of nitrogens with one attached hydrogen (secondary N) is 1. The van der Waals surface area contributed by atoms with Crippen LogP contribution in [-0.4, -0.2) is 29.6 Å². The molecule has 1 atom stereocenters. The van der Waals surface area contributed by atoms with E-state index in [1.807, 2.05) is 11.3 Å². The van der Waals surface area contributed by atoms with E-state index < -0.39 is 0 Å². The Morgan fingerprint density at radius 3 is 2.96 bits per heavy atom. The minimum absolute atomic E-state index is 0.295. The molecular weight excluding hydrogens is 330 g/mol. The zero-order chi connectivity index (χ0) is 17.4. The maximum absolute atomic E-state index is 5.94. The molecule has 1 unspecified atom stereocenters. The third kappa shape index (κ3) is 3.19. The maximum Gasteiger partial charge on any atom is 0.222 e. The van der Waals surface area contributed by atoms with Crippen molar-refractivity contribution in [3.05, 3.63) is 47.0 Å². The Morgan fingerprint density at radius 1 is 1.28 bits per heavy atom. The van der Waals surface area contributed by atoms with Crippen molar-refractivity contribution in [3.8, 4) is 0 Å². The summed E-state index contributed by atoms with van der Waals surface area (Å²) in [5.41, 5.74) is 8.32. The van der Waals surface area contributed by atoms with Crippen LogP contribution in [0.25, 0.3) is 10.1 Å². The molecule has 130 valence electrons. The number of piperazine rings is 1. The average Bonchev–Trinajstić information content (AvgIpc) is 3.05. The van der Waals surface area contributed by atoms with Gasteiger partial charge < -0.3 is 16.0 Å². The normalized spacial score (nSPS) is 18.2. The van der Waals surface area contributed by atoms with Gasteiger partial charge in [-0.05, 0) is 28.3 Å². The maximum atomic E-state index is 5.94. The van der Waals surface area contributed by atoms with E-state index in [0.717, 1.165) is 31.1 Å². The molecule has 1 saturated heterocycles. The summed E-state index contributed by atoms with van der Waals surface area (Å²) in [5.74, 6) is 1.63. The van der Waals surface area contributed by atoms with Gasteiger partial charge in [0.2, 0.25) is 5.95 Å². The van der Waals surface area contributed by atoms with Crippen molar-refractivity contribution in [1.82, 2.24) is 15.3 Å². The van der Waals surface area contributed by atoms with Gasteiger partial charge in [-0.1, -0.05) is 32.0 Å². The van der Waals surface area contributed by atoms with Crippen LogP contribution in [0.2, 0.25) is 0 Å². The first kappa shape index (κ1) is 16.3. The molecule has 25 heavy (non-hydrogen) atoms. The molecule has 3 aromatic rings. The Labute approximate surface area is 151 Å². The van der Waals surface area contributed by atoms with Gasteiger partial charge in [0.1, 0.15) is 5.82 Å².